The van der Waals surface area contributed by atoms with Crippen LogP contribution in [0.3, 0.4) is 0 Å². The van der Waals surface area contributed by atoms with Gasteiger partial charge in [-0.3, -0.25) is 33.7 Å². The van der Waals surface area contributed by atoms with Gasteiger partial charge < -0.3 is 35.9 Å². The lowest BCUT2D eigenvalue weighted by atomic mass is 9.80. The summed E-state index contributed by atoms with van der Waals surface area (Å²) in [4.78, 5) is 89.0. The highest BCUT2D eigenvalue weighted by Gasteiger charge is 2.44. The Morgan fingerprint density at radius 1 is 0.943 bits per heavy atom. The molecule has 5 N–H and O–H groups in total. The Balaban J connectivity index is 1.88. The summed E-state index contributed by atoms with van der Waals surface area (Å²) in [5.41, 5.74) is 5.44. The molecule has 1 heterocycles. The fourth-order valence-electron chi connectivity index (χ4n) is 5.52. The van der Waals surface area contributed by atoms with E-state index < -0.39 is 35.2 Å². The summed E-state index contributed by atoms with van der Waals surface area (Å²) in [5, 5.41) is 8.03. The Labute approximate surface area is 312 Å². The molecule has 1 aromatic carbocycles. The van der Waals surface area contributed by atoms with Gasteiger partial charge >= 0.3 is 12.0 Å². The molecule has 15 heteroatoms. The standard InChI is InChI=1S/C38H59N5O10/c1-24(2)32(42-30(45)23-52-19-18-51-17-16-43-31(46)21-28(34(43)48)37(3,4)5)29(44)20-26(10-9-15-40-36(39)50)33(47)41-27-13-11-25(12-14-27)22-53-35(49)38(6,7)8/h11-14,24,26,28,32H,9-10,15-23H2,1-8H3,(H,41,47)(H,42,45)(H3,39,40,50)/t26-,28?,32+/m1/s1. The minimum atomic E-state index is -0.885. The molecule has 0 aliphatic carbocycles. The van der Waals surface area contributed by atoms with Crippen LogP contribution in [0.4, 0.5) is 10.5 Å². The Hall–Kier alpha value is -4.37. The van der Waals surface area contributed by atoms with Crippen molar-refractivity contribution >= 4 is 47.1 Å². The van der Waals surface area contributed by atoms with Gasteiger partial charge in [0, 0.05) is 31.0 Å². The normalized spacial score (nSPS) is 15.9. The van der Waals surface area contributed by atoms with Crippen molar-refractivity contribution in [3.8, 4) is 0 Å². The Bertz CT molecular complexity index is 1430. The number of Topliss-reactive ketones (excluding diaryl/α,β-unsaturated/α-hetero) is 1. The van der Waals surface area contributed by atoms with E-state index in [1.165, 1.54) is 4.90 Å². The lowest BCUT2D eigenvalue weighted by molar-refractivity contribution is -0.154. The van der Waals surface area contributed by atoms with E-state index in [4.69, 9.17) is 19.9 Å². The number of ketones is 1. The van der Waals surface area contributed by atoms with Gasteiger partial charge in [0.25, 0.3) is 0 Å². The zero-order valence-electron chi connectivity index (χ0n) is 32.5. The van der Waals surface area contributed by atoms with Crippen LogP contribution in [0.5, 0.6) is 0 Å². The number of ether oxygens (including phenoxy) is 3. The molecule has 296 valence electrons. The Morgan fingerprint density at radius 2 is 1.58 bits per heavy atom. The number of esters is 1. The zero-order valence-corrected chi connectivity index (χ0v) is 32.5. The summed E-state index contributed by atoms with van der Waals surface area (Å²) in [7, 11) is 0. The molecule has 0 saturated carbocycles. The summed E-state index contributed by atoms with van der Waals surface area (Å²) in [6, 6.07) is 5.21. The second kappa shape index (κ2) is 20.8. The van der Waals surface area contributed by atoms with Crippen molar-refractivity contribution in [2.75, 3.05) is 44.8 Å². The number of imide groups is 1. The quantitative estimate of drug-likeness (QED) is 0.0819. The maximum absolute atomic E-state index is 13.5. The van der Waals surface area contributed by atoms with Crippen LogP contribution in [-0.4, -0.2) is 91.9 Å². The van der Waals surface area contributed by atoms with Crippen molar-refractivity contribution in [3.63, 3.8) is 0 Å². The van der Waals surface area contributed by atoms with Gasteiger partial charge in [0.05, 0.1) is 43.7 Å². The van der Waals surface area contributed by atoms with Crippen LogP contribution in [-0.2, 0) is 49.6 Å². The number of benzene rings is 1. The lowest BCUT2D eigenvalue weighted by Crippen LogP contribution is -2.47. The van der Waals surface area contributed by atoms with E-state index in [9.17, 15) is 33.6 Å². The smallest absolute Gasteiger partial charge is 0.312 e. The highest BCUT2D eigenvalue weighted by Crippen LogP contribution is 2.35. The average molecular weight is 746 g/mol. The zero-order chi connectivity index (χ0) is 39.9. The Morgan fingerprint density at radius 3 is 2.15 bits per heavy atom. The molecular weight excluding hydrogens is 686 g/mol. The number of rotatable bonds is 21. The van der Waals surface area contributed by atoms with Crippen LogP contribution in [0.1, 0.15) is 86.6 Å². The summed E-state index contributed by atoms with van der Waals surface area (Å²) in [6.45, 7) is 15.1. The molecule has 1 unspecified atom stereocenters. The first-order valence-corrected chi connectivity index (χ1v) is 18.1. The third-order valence-electron chi connectivity index (χ3n) is 8.73. The minimum Gasteiger partial charge on any atom is -0.460 e. The predicted octanol–water partition coefficient (Wildman–Crippen LogP) is 3.33. The van der Waals surface area contributed by atoms with Gasteiger partial charge in [-0.25, -0.2) is 4.79 Å². The van der Waals surface area contributed by atoms with Crippen molar-refractivity contribution in [2.24, 2.45) is 34.3 Å². The molecule has 1 aliphatic heterocycles. The Kier molecular flexibility index (Phi) is 17.5. The molecule has 15 nitrogen and oxygen atoms in total. The van der Waals surface area contributed by atoms with E-state index in [2.05, 4.69) is 16.0 Å². The number of likely N-dealkylation sites (tertiary alicyclic amines) is 1. The average Bonchev–Trinajstić information content (AvgIpc) is 3.36. The van der Waals surface area contributed by atoms with Crippen molar-refractivity contribution < 1.29 is 47.8 Å². The van der Waals surface area contributed by atoms with Crippen molar-refractivity contribution in [3.05, 3.63) is 29.8 Å². The lowest BCUT2D eigenvalue weighted by Gasteiger charge is -2.24. The maximum atomic E-state index is 13.5. The van der Waals surface area contributed by atoms with Crippen LogP contribution in [0, 0.1) is 28.6 Å². The molecule has 53 heavy (non-hydrogen) atoms. The number of nitrogens with one attached hydrogen (secondary N) is 3. The third-order valence-corrected chi connectivity index (χ3v) is 8.73. The number of carbonyl (C=O) groups excluding carboxylic acids is 7. The van der Waals surface area contributed by atoms with E-state index >= 15 is 0 Å². The summed E-state index contributed by atoms with van der Waals surface area (Å²) < 4.78 is 16.3. The van der Waals surface area contributed by atoms with Gasteiger partial charge in [0.1, 0.15) is 13.2 Å². The first kappa shape index (κ1) is 44.8. The largest absolute Gasteiger partial charge is 0.460 e. The molecule has 3 atom stereocenters. The minimum absolute atomic E-state index is 0.0743. The van der Waals surface area contributed by atoms with Gasteiger partial charge in [-0.2, -0.15) is 0 Å². The molecule has 0 radical (unpaired) electrons. The number of hydrogen-bond donors (Lipinski definition) is 4. The van der Waals surface area contributed by atoms with Crippen LogP contribution in [0.15, 0.2) is 24.3 Å². The van der Waals surface area contributed by atoms with E-state index in [1.54, 1.807) is 58.9 Å². The molecule has 0 aromatic heterocycles. The molecule has 1 saturated heterocycles. The van der Waals surface area contributed by atoms with E-state index in [0.717, 1.165) is 5.56 Å². The van der Waals surface area contributed by atoms with Crippen LogP contribution in [0.25, 0.3) is 0 Å². The molecule has 0 spiro atoms. The SMILES string of the molecule is CC(C)[C@H](NC(=O)COCCOCCN1C(=O)CC(C(C)(C)C)C1=O)C(=O)C[C@@H](CCCNC(N)=O)C(=O)Nc1ccc(COC(=O)C(C)(C)C)cc1. The topological polar surface area (TPSA) is 213 Å². The number of nitrogens with two attached hydrogens (primary N) is 1. The van der Waals surface area contributed by atoms with Crippen molar-refractivity contribution in [2.45, 2.75) is 93.7 Å². The highest BCUT2D eigenvalue weighted by atomic mass is 16.5. The van der Waals surface area contributed by atoms with Gasteiger partial charge in [0.15, 0.2) is 5.78 Å². The third kappa shape index (κ3) is 15.6. The van der Waals surface area contributed by atoms with Crippen molar-refractivity contribution in [1.29, 1.82) is 0 Å². The summed E-state index contributed by atoms with van der Waals surface area (Å²) in [5.74, 6) is -3.41. The van der Waals surface area contributed by atoms with Crippen LogP contribution >= 0.6 is 0 Å². The number of carbonyl (C=O) groups is 7. The molecular formula is C38H59N5O10. The molecule has 6 amide bonds. The molecule has 1 aromatic rings. The second-order valence-electron chi connectivity index (χ2n) is 15.8. The number of hydrogen-bond acceptors (Lipinski definition) is 10. The number of primary amides is 1. The first-order valence-electron chi connectivity index (χ1n) is 18.1. The van der Waals surface area contributed by atoms with E-state index in [1.807, 2.05) is 20.8 Å². The number of anilines is 1. The number of nitrogens with zero attached hydrogens (tertiary/aromatic N) is 1. The van der Waals surface area contributed by atoms with Gasteiger partial charge in [-0.1, -0.05) is 46.8 Å². The number of amides is 6. The summed E-state index contributed by atoms with van der Waals surface area (Å²) in [6.07, 6.45) is 0.665. The maximum Gasteiger partial charge on any atom is 0.312 e. The number of urea groups is 1. The monoisotopic (exact) mass is 745 g/mol. The van der Waals surface area contributed by atoms with Crippen LogP contribution in [0.2, 0.25) is 0 Å². The van der Waals surface area contributed by atoms with Gasteiger partial charge in [0.2, 0.25) is 23.6 Å². The second-order valence-corrected chi connectivity index (χ2v) is 15.8. The van der Waals surface area contributed by atoms with E-state index in [-0.39, 0.29) is 106 Å². The van der Waals surface area contributed by atoms with Crippen molar-refractivity contribution in [1.82, 2.24) is 15.5 Å². The molecule has 1 fully saturated rings. The highest BCUT2D eigenvalue weighted by molar-refractivity contribution is 6.04. The van der Waals surface area contributed by atoms with Gasteiger partial charge in [-0.15, -0.1) is 0 Å². The predicted molar refractivity (Wildman–Crippen MR) is 197 cm³/mol. The summed E-state index contributed by atoms with van der Waals surface area (Å²) >= 11 is 0. The molecule has 0 bridgehead atoms. The molecule has 2 rings (SSSR count). The van der Waals surface area contributed by atoms with E-state index in [0.29, 0.717) is 12.1 Å². The van der Waals surface area contributed by atoms with Gasteiger partial charge in [-0.05, 0) is 62.6 Å². The molecule has 1 aliphatic rings. The fourth-order valence-corrected chi connectivity index (χ4v) is 5.52. The fraction of sp³-hybridized carbons (Fsp3) is 0.658. The van der Waals surface area contributed by atoms with Crippen LogP contribution < -0.4 is 21.7 Å². The first-order chi connectivity index (χ1) is 24.7.